The molecule has 0 aliphatic rings. The number of aryl methyl sites for hydroxylation is 2. The van der Waals surface area contributed by atoms with Crippen LogP contribution >= 0.6 is 0 Å². The summed E-state index contributed by atoms with van der Waals surface area (Å²) >= 11 is 0. The number of fused-ring (bicyclic) bond motifs is 1. The number of rotatable bonds is 4. The second-order valence-corrected chi connectivity index (χ2v) is 5.96. The number of nitrogens with one attached hydrogen (secondary N) is 2. The van der Waals surface area contributed by atoms with Crippen molar-refractivity contribution in [3.05, 3.63) is 63.8 Å². The molecule has 0 bridgehead atoms. The molecule has 6 nitrogen and oxygen atoms in total. The van der Waals surface area contributed by atoms with Crippen LogP contribution in [0.5, 0.6) is 0 Å². The third-order valence-electron chi connectivity index (χ3n) is 4.05. The highest BCUT2D eigenvalue weighted by atomic mass is 16.2. The summed E-state index contributed by atoms with van der Waals surface area (Å²) in [6.07, 6.45) is 0. The lowest BCUT2D eigenvalue weighted by Crippen LogP contribution is -2.35. The molecule has 2 aromatic heterocycles. The zero-order chi connectivity index (χ0) is 17.3. The Hall–Kier alpha value is -2.89. The van der Waals surface area contributed by atoms with Crippen LogP contribution in [0.4, 0.5) is 0 Å². The number of aromatic amines is 1. The summed E-state index contributed by atoms with van der Waals surface area (Å²) in [7, 11) is 0. The average molecular weight is 324 g/mol. The third-order valence-corrected chi connectivity index (χ3v) is 4.05. The normalized spacial score (nSPS) is 12.3. The number of carbonyl (C=O) groups is 1. The Morgan fingerprint density at radius 2 is 2.00 bits per heavy atom. The van der Waals surface area contributed by atoms with Gasteiger partial charge in [0.05, 0.1) is 11.4 Å². The first-order chi connectivity index (χ1) is 11.5. The maximum Gasteiger partial charge on any atom is 0.263 e. The summed E-state index contributed by atoms with van der Waals surface area (Å²) in [5.41, 5.74) is 2.24. The smallest absolute Gasteiger partial charge is 0.263 e. The zero-order valence-electron chi connectivity index (χ0n) is 14.0. The molecule has 1 atom stereocenters. The lowest BCUT2D eigenvalue weighted by atomic mass is 10.1. The Labute approximate surface area is 139 Å². The second-order valence-electron chi connectivity index (χ2n) is 5.96. The Morgan fingerprint density at radius 1 is 1.29 bits per heavy atom. The molecular weight excluding hydrogens is 304 g/mol. The minimum Gasteiger partial charge on any atom is -0.348 e. The summed E-state index contributed by atoms with van der Waals surface area (Å²) < 4.78 is 1.41. The predicted octanol–water partition coefficient (Wildman–Crippen LogP) is 2.22. The van der Waals surface area contributed by atoms with Crippen molar-refractivity contribution in [1.82, 2.24) is 19.9 Å². The fourth-order valence-electron chi connectivity index (χ4n) is 2.78. The topological polar surface area (TPSA) is 79.8 Å². The molecule has 0 saturated carbocycles. The van der Waals surface area contributed by atoms with Crippen molar-refractivity contribution in [3.8, 4) is 0 Å². The summed E-state index contributed by atoms with van der Waals surface area (Å²) in [4.78, 5) is 32.3. The summed E-state index contributed by atoms with van der Waals surface area (Å²) in [5, 5.41) is 3.42. The van der Waals surface area contributed by atoms with Crippen molar-refractivity contribution < 1.29 is 4.79 Å². The SMILES string of the molecule is Cc1cc2c(=O)n(CC(=O)NC(C)c3ccccc3)c(C)nc2[nH]1. The molecule has 0 fully saturated rings. The summed E-state index contributed by atoms with van der Waals surface area (Å²) in [6, 6.07) is 11.3. The van der Waals surface area contributed by atoms with E-state index in [1.54, 1.807) is 13.0 Å². The first kappa shape index (κ1) is 16.0. The average Bonchev–Trinajstić information content (AvgIpc) is 2.92. The summed E-state index contributed by atoms with van der Waals surface area (Å²) in [6.45, 7) is 5.47. The van der Waals surface area contributed by atoms with Crippen LogP contribution in [0.1, 0.15) is 30.0 Å². The maximum absolute atomic E-state index is 12.6. The molecule has 1 aromatic carbocycles. The quantitative estimate of drug-likeness (QED) is 0.772. The van der Waals surface area contributed by atoms with E-state index in [-0.39, 0.29) is 24.1 Å². The van der Waals surface area contributed by atoms with Crippen molar-refractivity contribution in [2.24, 2.45) is 0 Å². The highest BCUT2D eigenvalue weighted by molar-refractivity contribution is 5.78. The van der Waals surface area contributed by atoms with Gasteiger partial charge in [0.15, 0.2) is 0 Å². The molecule has 0 radical (unpaired) electrons. The maximum atomic E-state index is 12.6. The van der Waals surface area contributed by atoms with E-state index >= 15 is 0 Å². The number of H-pyrrole nitrogens is 1. The highest BCUT2D eigenvalue weighted by Crippen LogP contribution is 2.12. The molecule has 3 rings (SSSR count). The van der Waals surface area contributed by atoms with Crippen LogP contribution in [0.25, 0.3) is 11.0 Å². The third kappa shape index (κ3) is 3.08. The number of nitrogens with zero attached hydrogens (tertiary/aromatic N) is 2. The van der Waals surface area contributed by atoms with E-state index in [4.69, 9.17) is 0 Å². The molecule has 1 unspecified atom stereocenters. The van der Waals surface area contributed by atoms with Crippen LogP contribution in [0.15, 0.2) is 41.2 Å². The van der Waals surface area contributed by atoms with Gasteiger partial charge in [-0.3, -0.25) is 14.2 Å². The predicted molar refractivity (Wildman–Crippen MR) is 92.8 cm³/mol. The van der Waals surface area contributed by atoms with E-state index in [0.717, 1.165) is 11.3 Å². The van der Waals surface area contributed by atoms with Crippen molar-refractivity contribution in [3.63, 3.8) is 0 Å². The first-order valence-electron chi connectivity index (χ1n) is 7.87. The van der Waals surface area contributed by atoms with Crippen LogP contribution in [-0.2, 0) is 11.3 Å². The van der Waals surface area contributed by atoms with E-state index in [0.29, 0.717) is 16.9 Å². The molecule has 1 amide bonds. The number of amides is 1. The highest BCUT2D eigenvalue weighted by Gasteiger charge is 2.15. The molecule has 3 aromatic rings. The van der Waals surface area contributed by atoms with Crippen LogP contribution in [0.3, 0.4) is 0 Å². The number of aromatic nitrogens is 3. The van der Waals surface area contributed by atoms with Gasteiger partial charge in [0, 0.05) is 5.69 Å². The largest absolute Gasteiger partial charge is 0.348 e. The minimum absolute atomic E-state index is 0.0466. The van der Waals surface area contributed by atoms with Crippen LogP contribution in [0.2, 0.25) is 0 Å². The summed E-state index contributed by atoms with van der Waals surface area (Å²) in [5.74, 6) is 0.293. The van der Waals surface area contributed by atoms with E-state index in [1.165, 1.54) is 4.57 Å². The van der Waals surface area contributed by atoms with Gasteiger partial charge in [-0.25, -0.2) is 4.98 Å². The Morgan fingerprint density at radius 3 is 2.71 bits per heavy atom. The molecule has 24 heavy (non-hydrogen) atoms. The zero-order valence-corrected chi connectivity index (χ0v) is 14.0. The number of carbonyl (C=O) groups excluding carboxylic acids is 1. The number of hydrogen-bond acceptors (Lipinski definition) is 3. The lowest BCUT2D eigenvalue weighted by molar-refractivity contribution is -0.122. The number of benzene rings is 1. The van der Waals surface area contributed by atoms with E-state index in [2.05, 4.69) is 15.3 Å². The molecule has 2 heterocycles. The molecule has 0 spiro atoms. The van der Waals surface area contributed by atoms with Crippen LogP contribution in [0, 0.1) is 13.8 Å². The van der Waals surface area contributed by atoms with Crippen LogP contribution in [-0.4, -0.2) is 20.4 Å². The standard InChI is InChI=1S/C18H20N4O2/c1-11-9-15-17(19-11)21-13(3)22(18(15)24)10-16(23)20-12(2)14-7-5-4-6-8-14/h4-9,12,19H,10H2,1-3H3,(H,20,23). The van der Waals surface area contributed by atoms with Gasteiger partial charge in [0.2, 0.25) is 5.91 Å². The molecule has 2 N–H and O–H groups in total. The van der Waals surface area contributed by atoms with Gasteiger partial charge in [0.1, 0.15) is 18.0 Å². The Kier molecular flexibility index (Phi) is 4.20. The van der Waals surface area contributed by atoms with Gasteiger partial charge in [-0.2, -0.15) is 0 Å². The fourth-order valence-corrected chi connectivity index (χ4v) is 2.78. The van der Waals surface area contributed by atoms with Crippen LogP contribution < -0.4 is 10.9 Å². The van der Waals surface area contributed by atoms with E-state index < -0.39 is 0 Å². The number of hydrogen-bond donors (Lipinski definition) is 2. The van der Waals surface area contributed by atoms with Gasteiger partial charge in [-0.05, 0) is 32.4 Å². The van der Waals surface area contributed by atoms with Gasteiger partial charge < -0.3 is 10.3 Å². The fraction of sp³-hybridized carbons (Fsp3) is 0.278. The van der Waals surface area contributed by atoms with Gasteiger partial charge in [-0.1, -0.05) is 30.3 Å². The van der Waals surface area contributed by atoms with Gasteiger partial charge in [-0.15, -0.1) is 0 Å². The first-order valence-corrected chi connectivity index (χ1v) is 7.87. The molecule has 6 heteroatoms. The van der Waals surface area contributed by atoms with Gasteiger partial charge in [0.25, 0.3) is 5.56 Å². The molecule has 0 saturated heterocycles. The molecule has 124 valence electrons. The molecule has 0 aliphatic heterocycles. The van der Waals surface area contributed by atoms with Crippen molar-refractivity contribution >= 4 is 16.9 Å². The molecular formula is C18H20N4O2. The van der Waals surface area contributed by atoms with Crippen molar-refractivity contribution in [2.75, 3.05) is 0 Å². The Bertz CT molecular complexity index is 941. The lowest BCUT2D eigenvalue weighted by Gasteiger charge is -2.15. The van der Waals surface area contributed by atoms with E-state index in [9.17, 15) is 9.59 Å². The Balaban J connectivity index is 1.82. The van der Waals surface area contributed by atoms with Crippen molar-refractivity contribution in [2.45, 2.75) is 33.4 Å². The van der Waals surface area contributed by atoms with Gasteiger partial charge >= 0.3 is 0 Å². The minimum atomic E-state index is -0.218. The monoisotopic (exact) mass is 324 g/mol. The van der Waals surface area contributed by atoms with E-state index in [1.807, 2.05) is 44.2 Å². The molecule has 0 aliphatic carbocycles. The second kappa shape index (κ2) is 6.31. The van der Waals surface area contributed by atoms with Crippen molar-refractivity contribution in [1.29, 1.82) is 0 Å².